The minimum absolute atomic E-state index is 0.0188. The van der Waals surface area contributed by atoms with Gasteiger partial charge in [-0.2, -0.15) is 0 Å². The van der Waals surface area contributed by atoms with Crippen LogP contribution in [0.4, 0.5) is 16.5 Å². The molecule has 33 heavy (non-hydrogen) atoms. The van der Waals surface area contributed by atoms with Gasteiger partial charge in [0.2, 0.25) is 5.91 Å². The molecule has 0 saturated carbocycles. The summed E-state index contributed by atoms with van der Waals surface area (Å²) in [5.74, 6) is 0.179. The number of carbonyl (C=O) groups excluding carboxylic acids is 2. The largest absolute Gasteiger partial charge is 0.332 e. The number of thioether (sulfide) groups is 1. The highest BCUT2D eigenvalue weighted by molar-refractivity contribution is 8.00. The van der Waals surface area contributed by atoms with Crippen LogP contribution in [0.2, 0.25) is 0 Å². The number of thiocarbonyl (C=S) groups is 1. The van der Waals surface area contributed by atoms with Crippen LogP contribution in [0.25, 0.3) is 10.2 Å². The Hall–Kier alpha value is -3.27. The molecule has 6 nitrogen and oxygen atoms in total. The molecule has 1 aromatic heterocycles. The lowest BCUT2D eigenvalue weighted by Crippen LogP contribution is -2.19. The summed E-state index contributed by atoms with van der Waals surface area (Å²) in [6.45, 7) is 1.53. The van der Waals surface area contributed by atoms with Crippen molar-refractivity contribution in [3.8, 4) is 0 Å². The number of aromatic nitrogens is 1. The topological polar surface area (TPSA) is 83.1 Å². The molecule has 0 aliphatic carbocycles. The van der Waals surface area contributed by atoms with E-state index in [-0.39, 0.29) is 17.4 Å². The molecule has 4 aromatic rings. The molecule has 4 rings (SSSR count). The first kappa shape index (κ1) is 22.9. The van der Waals surface area contributed by atoms with E-state index in [1.165, 1.54) is 30.0 Å². The van der Waals surface area contributed by atoms with Crippen molar-refractivity contribution in [2.45, 2.75) is 11.8 Å². The van der Waals surface area contributed by atoms with E-state index >= 15 is 0 Å². The van der Waals surface area contributed by atoms with Gasteiger partial charge in [0.15, 0.2) is 16.0 Å². The summed E-state index contributed by atoms with van der Waals surface area (Å²) in [5.41, 5.74) is 3.12. The molecule has 0 atom stereocenters. The van der Waals surface area contributed by atoms with Gasteiger partial charge in [-0.3, -0.25) is 9.59 Å². The number of hydrogen-bond acceptors (Lipinski definition) is 6. The number of para-hydroxylation sites is 1. The number of hydrogen-bond donors (Lipinski definition) is 3. The molecule has 0 bridgehead atoms. The molecule has 3 aromatic carbocycles. The molecule has 0 aliphatic heterocycles. The van der Waals surface area contributed by atoms with Crippen LogP contribution >= 0.6 is 35.3 Å². The number of Topliss-reactive ketones (excluding diaryl/α,β-unsaturated/α-hetero) is 1. The van der Waals surface area contributed by atoms with E-state index in [2.05, 4.69) is 20.9 Å². The lowest BCUT2D eigenvalue weighted by Gasteiger charge is -2.12. The van der Waals surface area contributed by atoms with E-state index in [1.54, 1.807) is 24.3 Å². The number of fused-ring (bicyclic) bond motifs is 1. The van der Waals surface area contributed by atoms with Crippen molar-refractivity contribution < 1.29 is 9.59 Å². The summed E-state index contributed by atoms with van der Waals surface area (Å²) in [6.07, 6.45) is 0. The summed E-state index contributed by atoms with van der Waals surface area (Å²) >= 11 is 8.28. The second-order valence-corrected chi connectivity index (χ2v) is 9.55. The molecule has 0 saturated heterocycles. The van der Waals surface area contributed by atoms with Crippen LogP contribution in [0.5, 0.6) is 0 Å². The zero-order valence-corrected chi connectivity index (χ0v) is 20.1. The SMILES string of the molecule is CC(=O)c1ccc(NC(=S)Nc2cccc(SCC(=O)Nc3nc4ccccc4s3)c2)cc1. The molecule has 1 heterocycles. The van der Waals surface area contributed by atoms with Gasteiger partial charge in [0.25, 0.3) is 0 Å². The second-order valence-electron chi connectivity index (χ2n) is 7.06. The molecular weight excluding hydrogens is 472 g/mol. The Kier molecular flexibility index (Phi) is 7.33. The zero-order valence-electron chi connectivity index (χ0n) is 17.6. The van der Waals surface area contributed by atoms with Crippen LogP contribution in [-0.4, -0.2) is 27.5 Å². The lowest BCUT2D eigenvalue weighted by atomic mass is 10.1. The molecule has 0 spiro atoms. The van der Waals surface area contributed by atoms with Gasteiger partial charge in [-0.25, -0.2) is 4.98 Å². The monoisotopic (exact) mass is 492 g/mol. The Bertz CT molecular complexity index is 1290. The van der Waals surface area contributed by atoms with Gasteiger partial charge >= 0.3 is 0 Å². The molecule has 166 valence electrons. The standard InChI is InChI=1S/C24H20N4O2S3/c1-15(29)16-9-11-17(12-10-16)25-23(31)26-18-5-4-6-19(13-18)32-14-22(30)28-24-27-20-7-2-3-8-21(20)33-24/h2-13H,14H2,1H3,(H2,25,26,31)(H,27,28,30). The van der Waals surface area contributed by atoms with Gasteiger partial charge in [-0.05, 0) is 73.7 Å². The average molecular weight is 493 g/mol. The van der Waals surface area contributed by atoms with E-state index in [0.29, 0.717) is 15.8 Å². The van der Waals surface area contributed by atoms with E-state index in [1.807, 2.05) is 48.5 Å². The van der Waals surface area contributed by atoms with Crippen molar-refractivity contribution in [1.29, 1.82) is 0 Å². The van der Waals surface area contributed by atoms with E-state index < -0.39 is 0 Å². The number of nitrogens with zero attached hydrogens (tertiary/aromatic N) is 1. The Labute approximate surface area is 204 Å². The van der Waals surface area contributed by atoms with E-state index in [9.17, 15) is 9.59 Å². The second kappa shape index (κ2) is 10.6. The Morgan fingerprint density at radius 2 is 1.70 bits per heavy atom. The molecule has 9 heteroatoms. The highest BCUT2D eigenvalue weighted by Crippen LogP contribution is 2.26. The van der Waals surface area contributed by atoms with Gasteiger partial charge in [-0.15, -0.1) is 11.8 Å². The Balaban J connectivity index is 1.29. The molecule has 0 unspecified atom stereocenters. The van der Waals surface area contributed by atoms with Crippen molar-refractivity contribution in [3.05, 3.63) is 78.4 Å². The number of benzene rings is 3. The van der Waals surface area contributed by atoms with E-state index in [4.69, 9.17) is 12.2 Å². The van der Waals surface area contributed by atoms with Crippen LogP contribution in [0, 0.1) is 0 Å². The fourth-order valence-electron chi connectivity index (χ4n) is 2.98. The number of amides is 1. The van der Waals surface area contributed by atoms with Crippen molar-refractivity contribution in [2.75, 3.05) is 21.7 Å². The third-order valence-corrected chi connectivity index (χ3v) is 6.70. The quantitative estimate of drug-likeness (QED) is 0.165. The predicted molar refractivity (Wildman–Crippen MR) is 142 cm³/mol. The molecule has 3 N–H and O–H groups in total. The number of anilines is 3. The van der Waals surface area contributed by atoms with Crippen LogP contribution in [0.1, 0.15) is 17.3 Å². The van der Waals surface area contributed by atoms with Crippen LogP contribution in [0.15, 0.2) is 77.7 Å². The highest BCUT2D eigenvalue weighted by Gasteiger charge is 2.09. The summed E-state index contributed by atoms with van der Waals surface area (Å²) < 4.78 is 1.04. The third-order valence-electron chi connectivity index (χ3n) is 4.55. The lowest BCUT2D eigenvalue weighted by molar-refractivity contribution is -0.113. The number of carbonyl (C=O) groups is 2. The number of nitrogens with one attached hydrogen (secondary N) is 3. The van der Waals surface area contributed by atoms with Crippen LogP contribution in [-0.2, 0) is 4.79 Å². The van der Waals surface area contributed by atoms with Gasteiger partial charge < -0.3 is 16.0 Å². The number of rotatable bonds is 7. The van der Waals surface area contributed by atoms with Crippen molar-refractivity contribution in [1.82, 2.24) is 4.98 Å². The molecule has 0 aliphatic rings. The zero-order chi connectivity index (χ0) is 23.2. The first-order valence-electron chi connectivity index (χ1n) is 10.0. The van der Waals surface area contributed by atoms with Gasteiger partial charge in [0.05, 0.1) is 16.0 Å². The summed E-state index contributed by atoms with van der Waals surface area (Å²) in [4.78, 5) is 29.1. The first-order chi connectivity index (χ1) is 16.0. The van der Waals surface area contributed by atoms with Gasteiger partial charge in [0, 0.05) is 21.8 Å². The highest BCUT2D eigenvalue weighted by atomic mass is 32.2. The minimum Gasteiger partial charge on any atom is -0.332 e. The van der Waals surface area contributed by atoms with Crippen LogP contribution < -0.4 is 16.0 Å². The predicted octanol–water partition coefficient (Wildman–Crippen LogP) is 6.04. The number of thiazole rings is 1. The molecule has 1 amide bonds. The summed E-state index contributed by atoms with van der Waals surface area (Å²) in [7, 11) is 0. The maximum Gasteiger partial charge on any atom is 0.236 e. The van der Waals surface area contributed by atoms with E-state index in [0.717, 1.165) is 26.5 Å². The Morgan fingerprint density at radius 1 is 0.939 bits per heavy atom. The molecule has 0 fully saturated rings. The van der Waals surface area contributed by atoms with Crippen molar-refractivity contribution in [3.63, 3.8) is 0 Å². The maximum absolute atomic E-state index is 12.4. The fourth-order valence-corrected chi connectivity index (χ4v) is 4.85. The first-order valence-corrected chi connectivity index (χ1v) is 12.2. The van der Waals surface area contributed by atoms with Gasteiger partial charge in [0.1, 0.15) is 0 Å². The molecular formula is C24H20N4O2S3. The third kappa shape index (κ3) is 6.38. The van der Waals surface area contributed by atoms with Crippen LogP contribution in [0.3, 0.4) is 0 Å². The Morgan fingerprint density at radius 3 is 2.45 bits per heavy atom. The van der Waals surface area contributed by atoms with Crippen molar-refractivity contribution in [2.24, 2.45) is 0 Å². The average Bonchev–Trinajstić information content (AvgIpc) is 3.20. The smallest absolute Gasteiger partial charge is 0.236 e. The normalized spacial score (nSPS) is 10.6. The van der Waals surface area contributed by atoms with Crippen molar-refractivity contribution >= 4 is 78.8 Å². The minimum atomic E-state index is -0.108. The maximum atomic E-state index is 12.4. The number of ketones is 1. The van der Waals surface area contributed by atoms with Gasteiger partial charge in [-0.1, -0.05) is 29.5 Å². The molecule has 0 radical (unpaired) electrons. The fraction of sp³-hybridized carbons (Fsp3) is 0.0833. The summed E-state index contributed by atoms with van der Waals surface area (Å²) in [6, 6.07) is 22.6. The summed E-state index contributed by atoms with van der Waals surface area (Å²) in [5, 5.41) is 10.1.